The van der Waals surface area contributed by atoms with Gasteiger partial charge in [0.1, 0.15) is 21.8 Å². The van der Waals surface area contributed by atoms with Gasteiger partial charge < -0.3 is 0 Å². The molecule has 0 aliphatic carbocycles. The van der Waals surface area contributed by atoms with E-state index in [1.807, 2.05) is 0 Å². The maximum atomic E-state index is 14.0. The Hall–Kier alpha value is -2.21. The van der Waals surface area contributed by atoms with Crippen LogP contribution in [0.2, 0.25) is 0 Å². The van der Waals surface area contributed by atoms with Crippen LogP contribution in [0, 0.1) is 11.6 Å². The third-order valence-electron chi connectivity index (χ3n) is 3.97. The Morgan fingerprint density at radius 3 is 2.33 bits per heavy atom. The average Bonchev–Trinajstić information content (AvgIpc) is 2.78. The van der Waals surface area contributed by atoms with Crippen LogP contribution in [0.5, 0.6) is 0 Å². The van der Waals surface area contributed by atoms with Crippen LogP contribution in [-0.2, 0) is 19.9 Å². The van der Waals surface area contributed by atoms with Gasteiger partial charge in [-0.15, -0.1) is 0 Å². The summed E-state index contributed by atoms with van der Waals surface area (Å²) in [5.74, 6) is -0.740. The van der Waals surface area contributed by atoms with Crippen molar-refractivity contribution in [2.75, 3.05) is 0 Å². The van der Waals surface area contributed by atoms with Crippen molar-refractivity contribution in [1.82, 2.24) is 9.36 Å². The Balaban J connectivity index is 1.95. The minimum atomic E-state index is -0.460. The molecular formula is C18H15BrF2N2O. The maximum Gasteiger partial charge on any atom is 0.286 e. The molecule has 0 aliphatic heterocycles. The van der Waals surface area contributed by atoms with Crippen molar-refractivity contribution in [3.8, 4) is 5.69 Å². The van der Waals surface area contributed by atoms with Gasteiger partial charge in [-0.25, -0.2) is 13.5 Å². The quantitative estimate of drug-likeness (QED) is 0.658. The molecule has 0 aliphatic rings. The molecule has 0 fully saturated rings. The van der Waals surface area contributed by atoms with Crippen molar-refractivity contribution >= 4 is 15.9 Å². The maximum absolute atomic E-state index is 14.0. The van der Waals surface area contributed by atoms with Gasteiger partial charge in [0.2, 0.25) is 0 Å². The largest absolute Gasteiger partial charge is 0.286 e. The molecule has 2 aromatic carbocycles. The number of para-hydroxylation sites is 1. The van der Waals surface area contributed by atoms with Gasteiger partial charge in [-0.05, 0) is 58.6 Å². The van der Waals surface area contributed by atoms with Crippen LogP contribution in [-0.4, -0.2) is 9.36 Å². The molecule has 0 saturated carbocycles. The highest BCUT2D eigenvalue weighted by Gasteiger charge is 2.18. The molecule has 1 aromatic heterocycles. The first-order valence-electron chi connectivity index (χ1n) is 7.44. The van der Waals surface area contributed by atoms with E-state index in [1.54, 1.807) is 42.1 Å². The van der Waals surface area contributed by atoms with E-state index in [4.69, 9.17) is 0 Å². The van der Waals surface area contributed by atoms with Crippen LogP contribution in [0.3, 0.4) is 0 Å². The molecule has 0 radical (unpaired) electrons. The normalized spacial score (nSPS) is 11.0. The molecule has 3 aromatic rings. The number of halogens is 3. The lowest BCUT2D eigenvalue weighted by molar-refractivity contribution is 0.563. The number of rotatable bonds is 4. The number of aryl methyl sites for hydroxylation is 1. The van der Waals surface area contributed by atoms with Crippen LogP contribution in [0.15, 0.2) is 57.8 Å². The van der Waals surface area contributed by atoms with Crippen LogP contribution < -0.4 is 5.56 Å². The minimum Gasteiger partial charge on any atom is -0.284 e. The standard InChI is InChI=1S/C18H15BrF2N2O/c1-22-16(11-8-12-6-9-13(20)10-7-12)17(19)18(24)23(22)15-5-3-2-4-14(15)21/h2-7,9-10H,8,11H2,1H3. The summed E-state index contributed by atoms with van der Waals surface area (Å²) in [6, 6.07) is 12.4. The topological polar surface area (TPSA) is 26.9 Å². The van der Waals surface area contributed by atoms with Gasteiger partial charge in [0.25, 0.3) is 5.56 Å². The summed E-state index contributed by atoms with van der Waals surface area (Å²) in [6.07, 6.45) is 1.22. The van der Waals surface area contributed by atoms with Crippen LogP contribution >= 0.6 is 15.9 Å². The van der Waals surface area contributed by atoms with E-state index < -0.39 is 5.82 Å². The third-order valence-corrected chi connectivity index (χ3v) is 4.77. The first kappa shape index (κ1) is 16.6. The van der Waals surface area contributed by atoms with E-state index in [0.29, 0.717) is 17.3 Å². The van der Waals surface area contributed by atoms with Gasteiger partial charge in [-0.1, -0.05) is 24.3 Å². The van der Waals surface area contributed by atoms with E-state index in [9.17, 15) is 13.6 Å². The van der Waals surface area contributed by atoms with E-state index in [1.165, 1.54) is 22.9 Å². The highest BCUT2D eigenvalue weighted by Crippen LogP contribution is 2.19. The molecule has 0 atom stereocenters. The van der Waals surface area contributed by atoms with Gasteiger partial charge in [-0.3, -0.25) is 9.48 Å². The van der Waals surface area contributed by atoms with Crippen molar-refractivity contribution in [2.45, 2.75) is 12.8 Å². The summed E-state index contributed by atoms with van der Waals surface area (Å²) in [6.45, 7) is 0. The average molecular weight is 393 g/mol. The second kappa shape index (κ2) is 6.73. The van der Waals surface area contributed by atoms with Crippen molar-refractivity contribution in [1.29, 1.82) is 0 Å². The number of hydrogen-bond acceptors (Lipinski definition) is 1. The van der Waals surface area contributed by atoms with Crippen molar-refractivity contribution in [3.63, 3.8) is 0 Å². The summed E-state index contributed by atoms with van der Waals surface area (Å²) in [4.78, 5) is 12.5. The predicted octanol–water partition coefficient (Wildman–Crippen LogP) is 4.00. The fourth-order valence-corrected chi connectivity index (χ4v) is 3.32. The summed E-state index contributed by atoms with van der Waals surface area (Å²) in [5.41, 5.74) is 1.62. The van der Waals surface area contributed by atoms with E-state index in [0.717, 1.165) is 11.3 Å². The minimum absolute atomic E-state index is 0.207. The van der Waals surface area contributed by atoms with E-state index in [2.05, 4.69) is 15.9 Å². The zero-order chi connectivity index (χ0) is 17.3. The Morgan fingerprint density at radius 2 is 1.67 bits per heavy atom. The zero-order valence-corrected chi connectivity index (χ0v) is 14.6. The monoisotopic (exact) mass is 392 g/mol. The molecular weight excluding hydrogens is 378 g/mol. The van der Waals surface area contributed by atoms with Crippen LogP contribution in [0.1, 0.15) is 11.3 Å². The molecule has 24 heavy (non-hydrogen) atoms. The molecule has 3 rings (SSSR count). The SMILES string of the molecule is Cn1c(CCc2ccc(F)cc2)c(Br)c(=O)n1-c1ccccc1F. The van der Waals surface area contributed by atoms with Gasteiger partial charge in [0.05, 0.1) is 5.69 Å². The summed E-state index contributed by atoms with van der Waals surface area (Å²) in [5, 5.41) is 0. The molecule has 3 nitrogen and oxygen atoms in total. The van der Waals surface area contributed by atoms with Gasteiger partial charge in [0, 0.05) is 7.05 Å². The Morgan fingerprint density at radius 1 is 1.00 bits per heavy atom. The Bertz CT molecular complexity index is 929. The zero-order valence-electron chi connectivity index (χ0n) is 13.0. The summed E-state index contributed by atoms with van der Waals surface area (Å²) < 4.78 is 30.4. The number of aromatic nitrogens is 2. The number of benzene rings is 2. The van der Waals surface area contributed by atoms with Gasteiger partial charge >= 0.3 is 0 Å². The molecule has 124 valence electrons. The van der Waals surface area contributed by atoms with Crippen molar-refractivity contribution < 1.29 is 8.78 Å². The van der Waals surface area contributed by atoms with E-state index >= 15 is 0 Å². The highest BCUT2D eigenvalue weighted by molar-refractivity contribution is 9.10. The van der Waals surface area contributed by atoms with Crippen LogP contribution in [0.25, 0.3) is 5.69 Å². The number of nitrogens with zero attached hydrogens (tertiary/aromatic N) is 2. The first-order chi connectivity index (χ1) is 11.5. The number of hydrogen-bond donors (Lipinski definition) is 0. The second-order valence-electron chi connectivity index (χ2n) is 5.48. The van der Waals surface area contributed by atoms with Crippen LogP contribution in [0.4, 0.5) is 8.78 Å². The lowest BCUT2D eigenvalue weighted by Crippen LogP contribution is -2.21. The molecule has 0 saturated heterocycles. The predicted molar refractivity (Wildman–Crippen MR) is 92.5 cm³/mol. The Kier molecular flexibility index (Phi) is 4.66. The third kappa shape index (κ3) is 3.06. The lowest BCUT2D eigenvalue weighted by Gasteiger charge is -2.11. The molecule has 0 spiro atoms. The van der Waals surface area contributed by atoms with E-state index in [-0.39, 0.29) is 17.1 Å². The fourth-order valence-electron chi connectivity index (χ4n) is 2.70. The fraction of sp³-hybridized carbons (Fsp3) is 0.167. The van der Waals surface area contributed by atoms with Gasteiger partial charge in [-0.2, -0.15) is 0 Å². The first-order valence-corrected chi connectivity index (χ1v) is 8.24. The summed E-state index contributed by atoms with van der Waals surface area (Å²) in [7, 11) is 1.72. The molecule has 0 amide bonds. The van der Waals surface area contributed by atoms with Crippen molar-refractivity contribution in [2.24, 2.45) is 7.05 Å². The second-order valence-corrected chi connectivity index (χ2v) is 6.27. The molecule has 1 heterocycles. The van der Waals surface area contributed by atoms with Gasteiger partial charge in [0.15, 0.2) is 0 Å². The summed E-state index contributed by atoms with van der Waals surface area (Å²) >= 11 is 3.32. The Labute approximate surface area is 146 Å². The molecule has 0 bridgehead atoms. The smallest absolute Gasteiger partial charge is 0.284 e. The van der Waals surface area contributed by atoms with Crippen molar-refractivity contribution in [3.05, 3.63) is 86.2 Å². The highest BCUT2D eigenvalue weighted by atomic mass is 79.9. The molecule has 0 N–H and O–H groups in total. The molecule has 6 heteroatoms. The lowest BCUT2D eigenvalue weighted by atomic mass is 10.1. The molecule has 0 unspecified atom stereocenters.